The van der Waals surface area contributed by atoms with E-state index in [9.17, 15) is 27.6 Å². The summed E-state index contributed by atoms with van der Waals surface area (Å²) in [6.45, 7) is -0.434. The number of amides is 1. The number of halogens is 4. The first kappa shape index (κ1) is 23.6. The van der Waals surface area contributed by atoms with Crippen molar-refractivity contribution in [2.24, 2.45) is 5.92 Å². The highest BCUT2D eigenvalue weighted by Crippen LogP contribution is 2.38. The number of nitrogens with zero attached hydrogens (tertiary/aromatic N) is 1. The monoisotopic (exact) mass is 495 g/mol. The first-order chi connectivity index (χ1) is 16.0. The van der Waals surface area contributed by atoms with Gasteiger partial charge in [-0.15, -0.1) is 0 Å². The van der Waals surface area contributed by atoms with Gasteiger partial charge in [0.15, 0.2) is 17.6 Å². The summed E-state index contributed by atoms with van der Waals surface area (Å²) in [5.74, 6) is -2.72. The maximum Gasteiger partial charge on any atom is 0.416 e. The molecule has 0 radical (unpaired) electrons. The van der Waals surface area contributed by atoms with Gasteiger partial charge in [0.1, 0.15) is 11.5 Å². The van der Waals surface area contributed by atoms with Crippen molar-refractivity contribution < 1.29 is 37.0 Å². The van der Waals surface area contributed by atoms with Crippen LogP contribution in [0.15, 0.2) is 51.7 Å². The average molecular weight is 496 g/mol. The summed E-state index contributed by atoms with van der Waals surface area (Å²) in [6, 6.07) is 8.27. The second-order valence-corrected chi connectivity index (χ2v) is 8.16. The number of likely N-dealkylation sites (tertiary alicyclic amines) is 1. The molecule has 0 unspecified atom stereocenters. The van der Waals surface area contributed by atoms with Gasteiger partial charge in [-0.2, -0.15) is 13.2 Å². The summed E-state index contributed by atoms with van der Waals surface area (Å²) in [7, 11) is 0. The molecule has 0 aliphatic carbocycles. The van der Waals surface area contributed by atoms with E-state index >= 15 is 0 Å². The topological polar surface area (TPSA) is 97.0 Å². The van der Waals surface area contributed by atoms with Crippen LogP contribution in [-0.2, 0) is 15.8 Å². The number of benzene rings is 2. The summed E-state index contributed by atoms with van der Waals surface area (Å²) >= 11 is 6.12. The number of carbonyl (C=O) groups excluding carboxylic acids is 1. The molecule has 178 valence electrons. The number of carbonyl (C=O) groups is 2. The van der Waals surface area contributed by atoms with Crippen LogP contribution < -0.4 is 10.2 Å². The molecule has 3 aromatic rings. The number of hydrogen-bond donors (Lipinski definition) is 1. The Morgan fingerprint density at radius 3 is 2.65 bits per heavy atom. The minimum atomic E-state index is -4.68. The van der Waals surface area contributed by atoms with Crippen LogP contribution >= 0.6 is 11.6 Å². The molecule has 1 fully saturated rings. The Morgan fingerprint density at radius 2 is 1.97 bits per heavy atom. The number of carboxylic acid groups (broad SMARTS) is 1. The predicted octanol–water partition coefficient (Wildman–Crippen LogP) is 4.44. The summed E-state index contributed by atoms with van der Waals surface area (Å²) in [5, 5.41) is 9.42. The third-order valence-corrected chi connectivity index (χ3v) is 5.82. The fraction of sp³-hybridized carbons (Fsp3) is 0.261. The van der Waals surface area contributed by atoms with E-state index in [0.717, 1.165) is 18.2 Å². The molecule has 0 saturated carbocycles. The third kappa shape index (κ3) is 4.72. The van der Waals surface area contributed by atoms with Crippen LogP contribution in [0.1, 0.15) is 12.0 Å². The molecule has 1 atom stereocenters. The highest BCUT2D eigenvalue weighted by molar-refractivity contribution is 6.34. The first-order valence-corrected chi connectivity index (χ1v) is 10.5. The normalized spacial score (nSPS) is 16.1. The van der Waals surface area contributed by atoms with Gasteiger partial charge < -0.3 is 19.2 Å². The molecule has 1 amide bonds. The van der Waals surface area contributed by atoms with Gasteiger partial charge >= 0.3 is 12.1 Å². The van der Waals surface area contributed by atoms with Crippen molar-refractivity contribution in [1.82, 2.24) is 4.90 Å². The smallest absolute Gasteiger partial charge is 0.416 e. The molecular formula is C23H17ClF3NO6. The van der Waals surface area contributed by atoms with Gasteiger partial charge in [-0.1, -0.05) is 17.7 Å². The summed E-state index contributed by atoms with van der Waals surface area (Å²) in [4.78, 5) is 37.4. The summed E-state index contributed by atoms with van der Waals surface area (Å²) in [6.07, 6.45) is -4.41. The quantitative estimate of drug-likeness (QED) is 0.562. The third-order valence-electron chi connectivity index (χ3n) is 5.52. The second kappa shape index (κ2) is 9.02. The molecule has 1 N–H and O–H groups in total. The number of aliphatic carboxylic acids is 1. The molecule has 0 bridgehead atoms. The Labute approximate surface area is 195 Å². The zero-order valence-corrected chi connectivity index (χ0v) is 18.2. The molecule has 1 aromatic heterocycles. The lowest BCUT2D eigenvalue weighted by atomic mass is 10.1. The molecule has 11 heteroatoms. The van der Waals surface area contributed by atoms with E-state index in [-0.39, 0.29) is 52.6 Å². The van der Waals surface area contributed by atoms with Crippen molar-refractivity contribution in [1.29, 1.82) is 0 Å². The Bertz CT molecular complexity index is 1340. The predicted molar refractivity (Wildman–Crippen MR) is 116 cm³/mol. The van der Waals surface area contributed by atoms with Crippen molar-refractivity contribution in [3.63, 3.8) is 0 Å². The van der Waals surface area contributed by atoms with E-state index in [0.29, 0.717) is 6.07 Å². The van der Waals surface area contributed by atoms with Crippen LogP contribution in [0.2, 0.25) is 5.02 Å². The van der Waals surface area contributed by atoms with Crippen molar-refractivity contribution in [3.8, 4) is 17.1 Å². The highest BCUT2D eigenvalue weighted by Gasteiger charge is 2.33. The van der Waals surface area contributed by atoms with E-state index in [2.05, 4.69) is 0 Å². The van der Waals surface area contributed by atoms with E-state index in [1.807, 2.05) is 0 Å². The second-order valence-electron chi connectivity index (χ2n) is 7.75. The largest absolute Gasteiger partial charge is 0.483 e. The Kier molecular flexibility index (Phi) is 6.26. The fourth-order valence-electron chi connectivity index (χ4n) is 3.72. The number of hydrogen-bond acceptors (Lipinski definition) is 5. The number of alkyl halides is 3. The van der Waals surface area contributed by atoms with Gasteiger partial charge in [0.05, 0.1) is 27.5 Å². The number of fused-ring (bicyclic) bond motifs is 1. The summed E-state index contributed by atoms with van der Waals surface area (Å²) < 4.78 is 51.1. The van der Waals surface area contributed by atoms with Crippen molar-refractivity contribution >= 4 is 34.4 Å². The van der Waals surface area contributed by atoms with Crippen LogP contribution in [-0.4, -0.2) is 41.6 Å². The van der Waals surface area contributed by atoms with Crippen LogP contribution in [0.5, 0.6) is 5.75 Å². The van der Waals surface area contributed by atoms with E-state index in [4.69, 9.17) is 25.9 Å². The molecule has 7 nitrogen and oxygen atoms in total. The Morgan fingerprint density at radius 1 is 1.21 bits per heavy atom. The molecule has 2 aromatic carbocycles. The van der Waals surface area contributed by atoms with Gasteiger partial charge in [-0.05, 0) is 36.8 Å². The molecule has 1 aliphatic rings. The van der Waals surface area contributed by atoms with Crippen LogP contribution in [0.4, 0.5) is 13.2 Å². The standard InChI is InChI=1S/C23H17ClF3NO6/c24-16-3-1-2-14-17(29)9-19(34-21(14)16)15-5-4-13(23(25,26)27)8-18(15)33-11-20(30)28-7-6-12(10-28)22(31)32/h1-5,8-9,12H,6-7,10-11H2,(H,31,32)/t12-/m0/s1. The molecule has 0 spiro atoms. The van der Waals surface area contributed by atoms with Crippen LogP contribution in [0.25, 0.3) is 22.3 Å². The molecule has 2 heterocycles. The van der Waals surface area contributed by atoms with E-state index in [1.165, 1.54) is 17.0 Å². The van der Waals surface area contributed by atoms with E-state index in [1.54, 1.807) is 6.07 Å². The maximum atomic E-state index is 13.3. The maximum absolute atomic E-state index is 13.3. The average Bonchev–Trinajstić information content (AvgIpc) is 3.28. The van der Waals surface area contributed by atoms with Gasteiger partial charge in [0, 0.05) is 19.2 Å². The van der Waals surface area contributed by atoms with Crippen molar-refractivity contribution in [2.75, 3.05) is 19.7 Å². The number of rotatable bonds is 5. The lowest BCUT2D eigenvalue weighted by Crippen LogP contribution is -2.33. The van der Waals surface area contributed by atoms with Crippen molar-refractivity contribution in [3.05, 3.63) is 63.3 Å². The zero-order chi connectivity index (χ0) is 24.6. The van der Waals surface area contributed by atoms with Gasteiger partial charge in [0.25, 0.3) is 5.91 Å². The Balaban J connectivity index is 1.68. The van der Waals surface area contributed by atoms with Crippen LogP contribution in [0.3, 0.4) is 0 Å². The molecular weight excluding hydrogens is 479 g/mol. The summed E-state index contributed by atoms with van der Waals surface area (Å²) in [5.41, 5.74) is -1.40. The van der Waals surface area contributed by atoms with Gasteiger partial charge in [-0.25, -0.2) is 0 Å². The Hall–Kier alpha value is -3.53. The number of ether oxygens (including phenoxy) is 1. The minimum absolute atomic E-state index is 0.00891. The fourth-order valence-corrected chi connectivity index (χ4v) is 3.93. The van der Waals surface area contributed by atoms with Gasteiger partial charge in [0.2, 0.25) is 0 Å². The number of carboxylic acids is 1. The zero-order valence-electron chi connectivity index (χ0n) is 17.4. The van der Waals surface area contributed by atoms with Gasteiger partial charge in [-0.3, -0.25) is 14.4 Å². The minimum Gasteiger partial charge on any atom is -0.483 e. The highest BCUT2D eigenvalue weighted by atomic mass is 35.5. The lowest BCUT2D eigenvalue weighted by Gasteiger charge is -2.18. The van der Waals surface area contributed by atoms with Crippen LogP contribution in [0, 0.1) is 5.92 Å². The van der Waals surface area contributed by atoms with E-state index < -0.39 is 41.6 Å². The first-order valence-electron chi connectivity index (χ1n) is 10.1. The molecule has 34 heavy (non-hydrogen) atoms. The number of para-hydroxylation sites is 1. The lowest BCUT2D eigenvalue weighted by molar-refractivity contribution is -0.141. The SMILES string of the molecule is O=C(O)[C@H]1CCN(C(=O)COc2cc(C(F)(F)F)ccc2-c2cc(=O)c3cccc(Cl)c3o2)C1. The molecule has 4 rings (SSSR count). The molecule has 1 aliphatic heterocycles. The molecule has 1 saturated heterocycles. The van der Waals surface area contributed by atoms with Crippen molar-refractivity contribution in [2.45, 2.75) is 12.6 Å².